The van der Waals surface area contributed by atoms with Crippen LogP contribution in [-0.2, 0) is 4.79 Å². The average Bonchev–Trinajstić information content (AvgIpc) is 2.49. The number of amides is 1. The van der Waals surface area contributed by atoms with Gasteiger partial charge < -0.3 is 21.3 Å². The van der Waals surface area contributed by atoms with Crippen LogP contribution in [0.5, 0.6) is 5.75 Å². The van der Waals surface area contributed by atoms with Gasteiger partial charge in [0.15, 0.2) is 0 Å². The molecular formula is C15H14N2O4. The van der Waals surface area contributed by atoms with Crippen LogP contribution in [-0.4, -0.2) is 22.1 Å². The summed E-state index contributed by atoms with van der Waals surface area (Å²) in [6.45, 7) is 0. The summed E-state index contributed by atoms with van der Waals surface area (Å²) >= 11 is 0. The normalized spacial score (nSPS) is 11.7. The van der Waals surface area contributed by atoms with Gasteiger partial charge >= 0.3 is 5.97 Å². The maximum absolute atomic E-state index is 12.1. The van der Waals surface area contributed by atoms with E-state index >= 15 is 0 Å². The number of hydrogen-bond acceptors (Lipinski definition) is 4. The number of nitrogens with one attached hydrogen (secondary N) is 1. The zero-order valence-corrected chi connectivity index (χ0v) is 11.0. The molecule has 0 fully saturated rings. The van der Waals surface area contributed by atoms with Crippen LogP contribution in [0.15, 0.2) is 48.5 Å². The molecule has 0 spiro atoms. The third-order valence-corrected chi connectivity index (χ3v) is 2.94. The smallest absolute Gasteiger partial charge is 0.335 e. The van der Waals surface area contributed by atoms with Crippen LogP contribution in [0, 0.1) is 0 Å². The quantitative estimate of drug-likeness (QED) is 0.639. The van der Waals surface area contributed by atoms with Crippen molar-refractivity contribution in [1.82, 2.24) is 0 Å². The number of hydrogen-bond donors (Lipinski definition) is 4. The predicted molar refractivity (Wildman–Crippen MR) is 77.1 cm³/mol. The molecule has 2 rings (SSSR count). The van der Waals surface area contributed by atoms with Crippen molar-refractivity contribution in [1.29, 1.82) is 0 Å². The molecule has 0 saturated carbocycles. The van der Waals surface area contributed by atoms with Crippen LogP contribution in [0.3, 0.4) is 0 Å². The number of phenols is 1. The van der Waals surface area contributed by atoms with Gasteiger partial charge in [-0.1, -0.05) is 30.3 Å². The fourth-order valence-electron chi connectivity index (χ4n) is 1.79. The summed E-state index contributed by atoms with van der Waals surface area (Å²) < 4.78 is 0. The number of benzene rings is 2. The number of nitrogens with two attached hydrogens (primary N) is 1. The summed E-state index contributed by atoms with van der Waals surface area (Å²) in [5.41, 5.74) is 6.40. The molecule has 1 amide bonds. The minimum absolute atomic E-state index is 0.00582. The number of aromatic hydroxyl groups is 1. The van der Waals surface area contributed by atoms with Gasteiger partial charge in [-0.25, -0.2) is 4.79 Å². The van der Waals surface area contributed by atoms with Crippen LogP contribution in [0.1, 0.15) is 22.0 Å². The molecule has 0 aliphatic rings. The average molecular weight is 286 g/mol. The van der Waals surface area contributed by atoms with Gasteiger partial charge in [0.05, 0.1) is 11.3 Å². The summed E-state index contributed by atoms with van der Waals surface area (Å²) in [6, 6.07) is 11.4. The van der Waals surface area contributed by atoms with Gasteiger partial charge in [-0.05, 0) is 23.8 Å². The third-order valence-electron chi connectivity index (χ3n) is 2.94. The van der Waals surface area contributed by atoms with E-state index in [4.69, 9.17) is 10.8 Å². The van der Waals surface area contributed by atoms with E-state index in [9.17, 15) is 14.7 Å². The second-order valence-electron chi connectivity index (χ2n) is 4.41. The van der Waals surface area contributed by atoms with Crippen LogP contribution >= 0.6 is 0 Å². The van der Waals surface area contributed by atoms with Gasteiger partial charge in [-0.3, -0.25) is 4.79 Å². The highest BCUT2D eigenvalue weighted by atomic mass is 16.4. The van der Waals surface area contributed by atoms with Crippen molar-refractivity contribution in [3.8, 4) is 5.75 Å². The van der Waals surface area contributed by atoms with Gasteiger partial charge in [0.1, 0.15) is 11.8 Å². The van der Waals surface area contributed by atoms with Crippen molar-refractivity contribution in [2.24, 2.45) is 5.73 Å². The number of aromatic carboxylic acids is 1. The summed E-state index contributed by atoms with van der Waals surface area (Å²) in [7, 11) is 0. The Bertz CT molecular complexity index is 671. The number of rotatable bonds is 4. The van der Waals surface area contributed by atoms with Gasteiger partial charge in [-0.15, -0.1) is 0 Å². The molecule has 5 N–H and O–H groups in total. The molecular weight excluding hydrogens is 272 g/mol. The minimum Gasteiger partial charge on any atom is -0.506 e. The lowest BCUT2D eigenvalue weighted by atomic mass is 10.1. The second-order valence-corrected chi connectivity index (χ2v) is 4.41. The van der Waals surface area contributed by atoms with Crippen molar-refractivity contribution in [3.63, 3.8) is 0 Å². The lowest BCUT2D eigenvalue weighted by Gasteiger charge is -2.13. The van der Waals surface area contributed by atoms with Gasteiger partial charge in [0, 0.05) is 0 Å². The van der Waals surface area contributed by atoms with E-state index in [1.54, 1.807) is 30.3 Å². The SMILES string of the molecule is NC(C(=O)Nc1cc(C(=O)O)ccc1O)c1ccccc1. The van der Waals surface area contributed by atoms with Crippen LogP contribution < -0.4 is 11.1 Å². The van der Waals surface area contributed by atoms with E-state index in [2.05, 4.69) is 5.32 Å². The lowest BCUT2D eigenvalue weighted by molar-refractivity contribution is -0.117. The summed E-state index contributed by atoms with van der Waals surface area (Å²) in [4.78, 5) is 22.9. The van der Waals surface area contributed by atoms with Gasteiger partial charge in [-0.2, -0.15) is 0 Å². The molecule has 0 heterocycles. The molecule has 1 unspecified atom stereocenters. The van der Waals surface area contributed by atoms with E-state index in [1.165, 1.54) is 18.2 Å². The predicted octanol–water partition coefficient (Wildman–Crippen LogP) is 1.73. The molecule has 21 heavy (non-hydrogen) atoms. The zero-order chi connectivity index (χ0) is 15.4. The number of carboxylic acid groups (broad SMARTS) is 1. The van der Waals surface area contributed by atoms with E-state index < -0.39 is 17.9 Å². The Kier molecular flexibility index (Phi) is 4.20. The first-order valence-corrected chi connectivity index (χ1v) is 6.16. The first kappa shape index (κ1) is 14.5. The lowest BCUT2D eigenvalue weighted by Crippen LogP contribution is -2.27. The molecule has 6 nitrogen and oxygen atoms in total. The third kappa shape index (κ3) is 3.37. The molecule has 0 aliphatic heterocycles. The fourth-order valence-corrected chi connectivity index (χ4v) is 1.79. The van der Waals surface area contributed by atoms with Crippen molar-refractivity contribution in [3.05, 3.63) is 59.7 Å². The van der Waals surface area contributed by atoms with Crippen LogP contribution in [0.4, 0.5) is 5.69 Å². The number of phenolic OH excluding ortho intramolecular Hbond substituents is 1. The highest BCUT2D eigenvalue weighted by Gasteiger charge is 2.17. The molecule has 1 atom stereocenters. The van der Waals surface area contributed by atoms with Crippen molar-refractivity contribution in [2.45, 2.75) is 6.04 Å². The minimum atomic E-state index is -1.15. The van der Waals surface area contributed by atoms with Crippen molar-refractivity contribution < 1.29 is 19.8 Å². The number of carbonyl (C=O) groups is 2. The molecule has 108 valence electrons. The number of carboxylic acids is 1. The molecule has 6 heteroatoms. The molecule has 0 aliphatic carbocycles. The van der Waals surface area contributed by atoms with Crippen LogP contribution in [0.25, 0.3) is 0 Å². The highest BCUT2D eigenvalue weighted by Crippen LogP contribution is 2.25. The maximum atomic E-state index is 12.1. The van der Waals surface area contributed by atoms with Crippen molar-refractivity contribution in [2.75, 3.05) is 5.32 Å². The monoisotopic (exact) mass is 286 g/mol. The first-order valence-electron chi connectivity index (χ1n) is 6.16. The molecule has 0 radical (unpaired) electrons. The number of carbonyl (C=O) groups excluding carboxylic acids is 1. The molecule has 0 saturated heterocycles. The van der Waals surface area contributed by atoms with E-state index in [-0.39, 0.29) is 17.0 Å². The topological polar surface area (TPSA) is 113 Å². The Morgan fingerprint density at radius 3 is 2.38 bits per heavy atom. The second kappa shape index (κ2) is 6.06. The largest absolute Gasteiger partial charge is 0.506 e. The number of anilines is 1. The standard InChI is InChI=1S/C15H14N2O4/c16-13(9-4-2-1-3-5-9)14(19)17-11-8-10(15(20)21)6-7-12(11)18/h1-8,13,18H,16H2,(H,17,19)(H,20,21). The van der Waals surface area contributed by atoms with E-state index in [0.717, 1.165) is 0 Å². The van der Waals surface area contributed by atoms with Gasteiger partial charge in [0.25, 0.3) is 0 Å². The zero-order valence-electron chi connectivity index (χ0n) is 11.0. The molecule has 0 aromatic heterocycles. The molecule has 2 aromatic carbocycles. The summed E-state index contributed by atoms with van der Waals surface area (Å²) in [5.74, 6) is -1.93. The Morgan fingerprint density at radius 2 is 1.76 bits per heavy atom. The molecule has 2 aromatic rings. The Morgan fingerprint density at radius 1 is 1.10 bits per heavy atom. The van der Waals surface area contributed by atoms with E-state index in [0.29, 0.717) is 5.56 Å². The Hall–Kier alpha value is -2.86. The highest BCUT2D eigenvalue weighted by molar-refractivity contribution is 5.98. The first-order chi connectivity index (χ1) is 9.99. The Balaban J connectivity index is 2.20. The Labute approximate surface area is 120 Å². The van der Waals surface area contributed by atoms with Gasteiger partial charge in [0.2, 0.25) is 5.91 Å². The summed E-state index contributed by atoms with van der Waals surface area (Å²) in [6.07, 6.45) is 0. The fraction of sp³-hybridized carbons (Fsp3) is 0.0667. The molecule has 0 bridgehead atoms. The van der Waals surface area contributed by atoms with Crippen molar-refractivity contribution >= 4 is 17.6 Å². The van der Waals surface area contributed by atoms with Crippen LogP contribution in [0.2, 0.25) is 0 Å². The maximum Gasteiger partial charge on any atom is 0.335 e. The summed E-state index contributed by atoms with van der Waals surface area (Å²) in [5, 5.41) is 21.0. The van der Waals surface area contributed by atoms with E-state index in [1.807, 2.05) is 0 Å².